The topological polar surface area (TPSA) is 72.2 Å². The van der Waals surface area contributed by atoms with Crippen LogP contribution >= 0.6 is 0 Å². The Balaban J connectivity index is 2.33. The zero-order chi connectivity index (χ0) is 15.0. The number of fused-ring (bicyclic) bond motifs is 1. The Morgan fingerprint density at radius 2 is 1.86 bits per heavy atom. The molecule has 0 aliphatic rings. The minimum absolute atomic E-state index is 0.117. The Labute approximate surface area is 120 Å². The monoisotopic (exact) mass is 280 g/mol. The first-order chi connectivity index (χ1) is 10.1. The number of para-hydroxylation sites is 1. The lowest BCUT2D eigenvalue weighted by Gasteiger charge is -2.10. The van der Waals surface area contributed by atoms with Gasteiger partial charge in [-0.05, 0) is 37.3 Å². The van der Waals surface area contributed by atoms with Crippen LogP contribution in [0.2, 0.25) is 0 Å². The van der Waals surface area contributed by atoms with Gasteiger partial charge in [0.05, 0.1) is 22.2 Å². The van der Waals surface area contributed by atoms with Crippen molar-refractivity contribution in [2.24, 2.45) is 0 Å². The number of hydrogen-bond acceptors (Lipinski definition) is 3. The molecular weight excluding hydrogens is 268 g/mol. The first-order valence-electron chi connectivity index (χ1n) is 6.40. The van der Waals surface area contributed by atoms with E-state index in [2.05, 4.69) is 4.98 Å². The Morgan fingerprint density at radius 1 is 1.14 bits per heavy atom. The fourth-order valence-corrected chi connectivity index (χ4v) is 2.31. The smallest absolute Gasteiger partial charge is 0.335 e. The van der Waals surface area contributed by atoms with Crippen LogP contribution in [0.5, 0.6) is 0 Å². The second kappa shape index (κ2) is 4.86. The van der Waals surface area contributed by atoms with Gasteiger partial charge in [-0.25, -0.2) is 9.78 Å². The molecule has 3 aromatic rings. The largest absolute Gasteiger partial charge is 0.478 e. The summed E-state index contributed by atoms with van der Waals surface area (Å²) in [5, 5.41) is 9.40. The van der Waals surface area contributed by atoms with Gasteiger partial charge in [0.1, 0.15) is 5.82 Å². The van der Waals surface area contributed by atoms with E-state index in [4.69, 9.17) is 5.11 Å². The lowest BCUT2D eigenvalue weighted by Crippen LogP contribution is -2.22. The van der Waals surface area contributed by atoms with Gasteiger partial charge >= 0.3 is 5.97 Å². The van der Waals surface area contributed by atoms with Crippen LogP contribution in [0.25, 0.3) is 16.6 Å². The fourth-order valence-electron chi connectivity index (χ4n) is 2.31. The summed E-state index contributed by atoms with van der Waals surface area (Å²) in [5.74, 6) is -0.523. The van der Waals surface area contributed by atoms with E-state index >= 15 is 0 Å². The van der Waals surface area contributed by atoms with Gasteiger partial charge in [-0.2, -0.15) is 0 Å². The van der Waals surface area contributed by atoms with E-state index < -0.39 is 5.97 Å². The molecule has 1 heterocycles. The van der Waals surface area contributed by atoms with Crippen LogP contribution in [0, 0.1) is 6.92 Å². The van der Waals surface area contributed by atoms with Gasteiger partial charge in [0.25, 0.3) is 5.56 Å². The zero-order valence-corrected chi connectivity index (χ0v) is 11.3. The molecule has 0 radical (unpaired) electrons. The van der Waals surface area contributed by atoms with Crippen LogP contribution in [0.1, 0.15) is 16.2 Å². The maximum absolute atomic E-state index is 12.6. The molecule has 5 heteroatoms. The summed E-state index contributed by atoms with van der Waals surface area (Å²) >= 11 is 0. The van der Waals surface area contributed by atoms with Crippen molar-refractivity contribution in [2.45, 2.75) is 6.92 Å². The molecule has 0 spiro atoms. The number of carbonyl (C=O) groups is 1. The molecule has 1 aromatic heterocycles. The van der Waals surface area contributed by atoms with Crippen LogP contribution in [-0.4, -0.2) is 20.6 Å². The molecule has 5 nitrogen and oxygen atoms in total. The lowest BCUT2D eigenvalue weighted by atomic mass is 10.1. The van der Waals surface area contributed by atoms with Crippen molar-refractivity contribution in [3.05, 3.63) is 70.3 Å². The zero-order valence-electron chi connectivity index (χ0n) is 11.3. The summed E-state index contributed by atoms with van der Waals surface area (Å²) in [7, 11) is 0. The summed E-state index contributed by atoms with van der Waals surface area (Å²) in [6.45, 7) is 1.72. The van der Waals surface area contributed by atoms with E-state index in [0.29, 0.717) is 16.7 Å². The maximum Gasteiger partial charge on any atom is 0.335 e. The molecule has 0 saturated heterocycles. The van der Waals surface area contributed by atoms with Crippen LogP contribution in [0.3, 0.4) is 0 Å². The van der Waals surface area contributed by atoms with Gasteiger partial charge in [-0.3, -0.25) is 9.36 Å². The number of aromatic carboxylic acids is 1. The van der Waals surface area contributed by atoms with Gasteiger partial charge in [-0.15, -0.1) is 0 Å². The number of carboxylic acid groups (broad SMARTS) is 1. The van der Waals surface area contributed by atoms with E-state index in [1.165, 1.54) is 22.8 Å². The van der Waals surface area contributed by atoms with E-state index in [9.17, 15) is 9.59 Å². The van der Waals surface area contributed by atoms with E-state index in [0.717, 1.165) is 5.69 Å². The van der Waals surface area contributed by atoms with Crippen molar-refractivity contribution >= 4 is 16.9 Å². The molecule has 0 fully saturated rings. The fraction of sp³-hybridized carbons (Fsp3) is 0.0625. The third-order valence-electron chi connectivity index (χ3n) is 3.30. The Hall–Kier alpha value is -2.95. The number of aromatic nitrogens is 2. The SMILES string of the molecule is Cc1nc2cc(C(=O)O)ccc2c(=O)n1-c1ccccc1. The van der Waals surface area contributed by atoms with Gasteiger partial charge in [0.15, 0.2) is 0 Å². The highest BCUT2D eigenvalue weighted by Gasteiger charge is 2.11. The van der Waals surface area contributed by atoms with Crippen molar-refractivity contribution in [2.75, 3.05) is 0 Å². The second-order valence-electron chi connectivity index (χ2n) is 4.67. The number of hydrogen-bond donors (Lipinski definition) is 1. The summed E-state index contributed by atoms with van der Waals surface area (Å²) < 4.78 is 1.52. The molecule has 0 unspecified atom stereocenters. The number of benzene rings is 2. The van der Waals surface area contributed by atoms with Crippen LogP contribution in [0.15, 0.2) is 53.3 Å². The molecular formula is C16H12N2O3. The highest BCUT2D eigenvalue weighted by molar-refractivity contribution is 5.92. The van der Waals surface area contributed by atoms with Crippen molar-refractivity contribution in [3.8, 4) is 5.69 Å². The third-order valence-corrected chi connectivity index (χ3v) is 3.30. The highest BCUT2D eigenvalue weighted by atomic mass is 16.4. The molecule has 0 atom stereocenters. The van der Waals surface area contributed by atoms with Crippen molar-refractivity contribution in [3.63, 3.8) is 0 Å². The summed E-state index contributed by atoms with van der Waals surface area (Å²) in [4.78, 5) is 28.0. The van der Waals surface area contributed by atoms with Crippen molar-refractivity contribution < 1.29 is 9.90 Å². The normalized spacial score (nSPS) is 10.7. The minimum atomic E-state index is -1.04. The summed E-state index contributed by atoms with van der Waals surface area (Å²) in [6.07, 6.45) is 0. The molecule has 1 N–H and O–H groups in total. The number of nitrogens with zero attached hydrogens (tertiary/aromatic N) is 2. The van der Waals surface area contributed by atoms with Crippen LogP contribution in [0.4, 0.5) is 0 Å². The Morgan fingerprint density at radius 3 is 2.52 bits per heavy atom. The molecule has 104 valence electrons. The molecule has 0 amide bonds. The average molecular weight is 280 g/mol. The molecule has 0 aliphatic carbocycles. The Kier molecular flexibility index (Phi) is 3.02. The summed E-state index contributed by atoms with van der Waals surface area (Å²) in [5.41, 5.74) is 1.04. The quantitative estimate of drug-likeness (QED) is 0.782. The van der Waals surface area contributed by atoms with E-state index in [1.807, 2.05) is 30.3 Å². The van der Waals surface area contributed by atoms with Crippen molar-refractivity contribution in [1.82, 2.24) is 9.55 Å². The third kappa shape index (κ3) is 2.18. The first-order valence-corrected chi connectivity index (χ1v) is 6.40. The van der Waals surface area contributed by atoms with Crippen LogP contribution in [-0.2, 0) is 0 Å². The molecule has 0 bridgehead atoms. The first kappa shape index (κ1) is 13.1. The second-order valence-corrected chi connectivity index (χ2v) is 4.67. The summed E-state index contributed by atoms with van der Waals surface area (Å²) in [6, 6.07) is 13.6. The lowest BCUT2D eigenvalue weighted by molar-refractivity contribution is 0.0697. The number of aryl methyl sites for hydroxylation is 1. The average Bonchev–Trinajstić information content (AvgIpc) is 2.47. The molecule has 0 saturated carbocycles. The predicted octanol–water partition coefficient (Wildman–Crippen LogP) is 2.39. The van der Waals surface area contributed by atoms with Gasteiger partial charge < -0.3 is 5.11 Å². The standard InChI is InChI=1S/C16H12N2O3/c1-10-17-14-9-11(16(20)21)7-8-13(14)15(19)18(10)12-5-3-2-4-6-12/h2-9H,1H3,(H,20,21). The highest BCUT2D eigenvalue weighted by Crippen LogP contribution is 2.14. The van der Waals surface area contributed by atoms with Crippen LogP contribution < -0.4 is 5.56 Å². The number of carboxylic acids is 1. The molecule has 0 aliphatic heterocycles. The van der Waals surface area contributed by atoms with Gasteiger partial charge in [-0.1, -0.05) is 18.2 Å². The van der Waals surface area contributed by atoms with Gasteiger partial charge in [0, 0.05) is 0 Å². The number of rotatable bonds is 2. The van der Waals surface area contributed by atoms with E-state index in [-0.39, 0.29) is 11.1 Å². The van der Waals surface area contributed by atoms with Gasteiger partial charge in [0.2, 0.25) is 0 Å². The predicted molar refractivity (Wildman–Crippen MR) is 79.0 cm³/mol. The Bertz CT molecular complexity index is 899. The van der Waals surface area contributed by atoms with E-state index in [1.54, 1.807) is 6.92 Å². The minimum Gasteiger partial charge on any atom is -0.478 e. The van der Waals surface area contributed by atoms with Crippen molar-refractivity contribution in [1.29, 1.82) is 0 Å². The molecule has 21 heavy (non-hydrogen) atoms. The molecule has 3 rings (SSSR count). The maximum atomic E-state index is 12.6. The molecule has 2 aromatic carbocycles.